The van der Waals surface area contributed by atoms with Crippen molar-refractivity contribution in [1.82, 2.24) is 0 Å². The van der Waals surface area contributed by atoms with Crippen molar-refractivity contribution in [3.8, 4) is 5.75 Å². The van der Waals surface area contributed by atoms with Crippen LogP contribution in [0.5, 0.6) is 5.75 Å². The number of hydrogen-bond donors (Lipinski definition) is 1. The summed E-state index contributed by atoms with van der Waals surface area (Å²) in [6.07, 6.45) is 1.40. The molecule has 0 fully saturated rings. The van der Waals surface area contributed by atoms with Crippen LogP contribution < -0.4 is 14.4 Å². The highest BCUT2D eigenvalue weighted by Gasteiger charge is 2.31. The zero-order chi connectivity index (χ0) is 20.2. The van der Waals surface area contributed by atoms with E-state index in [2.05, 4.69) is 5.32 Å². The highest BCUT2D eigenvalue weighted by atomic mass is 35.5. The van der Waals surface area contributed by atoms with Gasteiger partial charge in [-0.05, 0) is 49.2 Å². The summed E-state index contributed by atoms with van der Waals surface area (Å²) >= 11 is 6.09. The summed E-state index contributed by atoms with van der Waals surface area (Å²) in [4.78, 5) is 12.9. The minimum absolute atomic E-state index is 0.302. The van der Waals surface area contributed by atoms with Gasteiger partial charge in [0.1, 0.15) is 11.8 Å². The Balaban J connectivity index is 2.36. The average Bonchev–Trinajstić information content (AvgIpc) is 2.58. The van der Waals surface area contributed by atoms with Gasteiger partial charge in [0.2, 0.25) is 15.9 Å². The number of rotatable bonds is 7. The molecule has 0 aliphatic carbocycles. The highest BCUT2D eigenvalue weighted by Crippen LogP contribution is 2.28. The van der Waals surface area contributed by atoms with Crippen molar-refractivity contribution in [2.24, 2.45) is 0 Å². The lowest BCUT2D eigenvalue weighted by molar-refractivity contribution is -0.117. The first-order valence-corrected chi connectivity index (χ1v) is 10.6. The Bertz CT molecular complexity index is 931. The predicted molar refractivity (Wildman–Crippen MR) is 109 cm³/mol. The van der Waals surface area contributed by atoms with Crippen molar-refractivity contribution in [3.63, 3.8) is 0 Å². The van der Waals surface area contributed by atoms with Gasteiger partial charge in [0.05, 0.1) is 24.1 Å². The maximum Gasteiger partial charge on any atom is 0.248 e. The summed E-state index contributed by atoms with van der Waals surface area (Å²) in [7, 11) is -2.18. The molecular weight excluding hydrogens is 388 g/mol. The van der Waals surface area contributed by atoms with E-state index in [4.69, 9.17) is 16.3 Å². The third kappa shape index (κ3) is 5.14. The van der Waals surface area contributed by atoms with Gasteiger partial charge in [-0.1, -0.05) is 30.7 Å². The molecule has 0 aliphatic rings. The van der Waals surface area contributed by atoms with E-state index in [0.29, 0.717) is 28.6 Å². The predicted octanol–water partition coefficient (Wildman–Crippen LogP) is 3.84. The number of hydrogen-bond acceptors (Lipinski definition) is 4. The molecule has 27 heavy (non-hydrogen) atoms. The van der Waals surface area contributed by atoms with E-state index in [1.54, 1.807) is 43.3 Å². The fraction of sp³-hybridized carbons (Fsp3) is 0.316. The van der Waals surface area contributed by atoms with E-state index in [9.17, 15) is 13.2 Å². The van der Waals surface area contributed by atoms with Gasteiger partial charge in [0.15, 0.2) is 0 Å². The van der Waals surface area contributed by atoms with Crippen LogP contribution in [0.2, 0.25) is 5.02 Å². The molecule has 1 N–H and O–H groups in total. The number of ether oxygens (including phenoxy) is 1. The van der Waals surface area contributed by atoms with E-state index in [1.165, 1.54) is 7.11 Å². The molecule has 0 aliphatic heterocycles. The maximum atomic E-state index is 12.9. The SMILES string of the molecule is CC[C@H](C(=O)Nc1ccc(OC)c(Cl)c1)N(c1cccc(C)c1)S(C)(=O)=O. The van der Waals surface area contributed by atoms with Crippen LogP contribution in [-0.2, 0) is 14.8 Å². The van der Waals surface area contributed by atoms with Crippen molar-refractivity contribution in [2.45, 2.75) is 26.3 Å². The van der Waals surface area contributed by atoms with Crippen LogP contribution in [0.15, 0.2) is 42.5 Å². The number of benzene rings is 2. The van der Waals surface area contributed by atoms with Gasteiger partial charge >= 0.3 is 0 Å². The zero-order valence-corrected chi connectivity index (χ0v) is 17.3. The Morgan fingerprint density at radius 1 is 1.26 bits per heavy atom. The number of sulfonamides is 1. The van der Waals surface area contributed by atoms with Crippen molar-refractivity contribution >= 4 is 38.9 Å². The number of nitrogens with one attached hydrogen (secondary N) is 1. The zero-order valence-electron chi connectivity index (χ0n) is 15.7. The largest absolute Gasteiger partial charge is 0.495 e. The van der Waals surface area contributed by atoms with Crippen LogP contribution in [0, 0.1) is 6.92 Å². The molecule has 0 saturated heterocycles. The van der Waals surface area contributed by atoms with E-state index >= 15 is 0 Å². The molecule has 0 bridgehead atoms. The molecule has 6 nitrogen and oxygen atoms in total. The lowest BCUT2D eigenvalue weighted by Crippen LogP contribution is -2.47. The third-order valence-electron chi connectivity index (χ3n) is 4.01. The first-order valence-electron chi connectivity index (χ1n) is 8.37. The molecule has 1 amide bonds. The highest BCUT2D eigenvalue weighted by molar-refractivity contribution is 7.92. The lowest BCUT2D eigenvalue weighted by Gasteiger charge is -2.30. The maximum absolute atomic E-state index is 12.9. The van der Waals surface area contributed by atoms with Crippen molar-refractivity contribution in [1.29, 1.82) is 0 Å². The number of nitrogens with zero attached hydrogens (tertiary/aromatic N) is 1. The Morgan fingerprint density at radius 3 is 2.48 bits per heavy atom. The van der Waals surface area contributed by atoms with Crippen LogP contribution in [-0.4, -0.2) is 33.7 Å². The minimum Gasteiger partial charge on any atom is -0.495 e. The Labute approximate surface area is 165 Å². The summed E-state index contributed by atoms with van der Waals surface area (Å²) in [5.74, 6) is 0.0462. The van der Waals surface area contributed by atoms with Gasteiger partial charge in [-0.2, -0.15) is 0 Å². The molecule has 0 aromatic heterocycles. The van der Waals surface area contributed by atoms with Crippen LogP contribution in [0.25, 0.3) is 0 Å². The van der Waals surface area contributed by atoms with Crippen LogP contribution in [0.4, 0.5) is 11.4 Å². The molecule has 1 atom stereocenters. The van der Waals surface area contributed by atoms with Gasteiger partial charge in [-0.15, -0.1) is 0 Å². The van der Waals surface area contributed by atoms with E-state index in [0.717, 1.165) is 16.1 Å². The Morgan fingerprint density at radius 2 is 1.96 bits per heavy atom. The van der Waals surface area contributed by atoms with E-state index in [1.807, 2.05) is 13.0 Å². The van der Waals surface area contributed by atoms with Crippen LogP contribution in [0.3, 0.4) is 0 Å². The van der Waals surface area contributed by atoms with Crippen LogP contribution >= 0.6 is 11.6 Å². The molecule has 146 valence electrons. The third-order valence-corrected chi connectivity index (χ3v) is 5.48. The molecule has 0 spiro atoms. The molecule has 0 heterocycles. The summed E-state index contributed by atoms with van der Waals surface area (Å²) < 4.78 is 31.1. The van der Waals surface area contributed by atoms with Gasteiger partial charge in [-0.25, -0.2) is 8.42 Å². The van der Waals surface area contributed by atoms with Gasteiger partial charge < -0.3 is 10.1 Å². The quantitative estimate of drug-likeness (QED) is 0.752. The number of carbonyl (C=O) groups excluding carboxylic acids is 1. The molecule has 0 saturated carbocycles. The number of amides is 1. The van der Waals surface area contributed by atoms with Crippen LogP contribution in [0.1, 0.15) is 18.9 Å². The fourth-order valence-electron chi connectivity index (χ4n) is 2.80. The Hall–Kier alpha value is -2.25. The second-order valence-corrected chi connectivity index (χ2v) is 8.43. The summed E-state index contributed by atoms with van der Waals surface area (Å²) in [5, 5.41) is 3.09. The molecule has 2 rings (SSSR count). The molecule has 0 unspecified atom stereocenters. The molecule has 0 radical (unpaired) electrons. The van der Waals surface area contributed by atoms with Crippen molar-refractivity contribution in [3.05, 3.63) is 53.1 Å². The number of anilines is 2. The van der Waals surface area contributed by atoms with Gasteiger partial charge in [0.25, 0.3) is 0 Å². The van der Waals surface area contributed by atoms with Gasteiger partial charge in [0, 0.05) is 5.69 Å². The van der Waals surface area contributed by atoms with Crippen molar-refractivity contribution in [2.75, 3.05) is 23.0 Å². The number of halogens is 1. The number of aryl methyl sites for hydroxylation is 1. The second-order valence-electron chi connectivity index (χ2n) is 6.16. The first-order chi connectivity index (χ1) is 12.7. The standard InChI is InChI=1S/C19H23ClN2O4S/c1-5-17(19(23)21-14-9-10-18(26-3)16(20)12-14)22(27(4,24)25)15-8-6-7-13(2)11-15/h6-12,17H,5H2,1-4H3,(H,21,23)/t17-/m1/s1. The van der Waals surface area contributed by atoms with Crippen molar-refractivity contribution < 1.29 is 17.9 Å². The lowest BCUT2D eigenvalue weighted by atomic mass is 10.1. The van der Waals surface area contributed by atoms with E-state index < -0.39 is 22.0 Å². The minimum atomic E-state index is -3.68. The molecular formula is C19H23ClN2O4S. The molecule has 8 heteroatoms. The fourth-order valence-corrected chi connectivity index (χ4v) is 4.26. The molecule has 2 aromatic carbocycles. The monoisotopic (exact) mass is 410 g/mol. The smallest absolute Gasteiger partial charge is 0.248 e. The first kappa shape index (κ1) is 21.1. The normalized spacial score (nSPS) is 12.3. The Kier molecular flexibility index (Phi) is 6.73. The average molecular weight is 411 g/mol. The topological polar surface area (TPSA) is 75.7 Å². The van der Waals surface area contributed by atoms with Gasteiger partial charge in [-0.3, -0.25) is 9.10 Å². The number of carbonyl (C=O) groups is 1. The summed E-state index contributed by atoms with van der Waals surface area (Å²) in [6, 6.07) is 11.0. The molecule has 2 aromatic rings. The van der Waals surface area contributed by atoms with E-state index in [-0.39, 0.29) is 0 Å². The second kappa shape index (κ2) is 8.63. The summed E-state index contributed by atoms with van der Waals surface area (Å²) in [5.41, 5.74) is 1.81. The summed E-state index contributed by atoms with van der Waals surface area (Å²) in [6.45, 7) is 3.63. The number of methoxy groups -OCH3 is 1.